The topological polar surface area (TPSA) is 41.8 Å². The third-order valence-electron chi connectivity index (χ3n) is 3.59. The second kappa shape index (κ2) is 6.30. The molecule has 0 fully saturated rings. The molecule has 0 aliphatic heterocycles. The summed E-state index contributed by atoms with van der Waals surface area (Å²) < 4.78 is 15.1. The van der Waals surface area contributed by atoms with E-state index in [9.17, 15) is 4.39 Å². The Morgan fingerprint density at radius 1 is 1.19 bits per heavy atom. The Balaban J connectivity index is 2.12. The summed E-state index contributed by atoms with van der Waals surface area (Å²) >= 11 is 5.14. The second-order valence-corrected chi connectivity index (χ2v) is 7.45. The smallest absolute Gasteiger partial charge is 0.147 e. The van der Waals surface area contributed by atoms with Crippen molar-refractivity contribution in [2.75, 3.05) is 6.54 Å². The fourth-order valence-electron chi connectivity index (χ4n) is 2.60. The minimum Gasteiger partial charge on any atom is -0.351 e. The van der Waals surface area contributed by atoms with Crippen LogP contribution in [0.2, 0.25) is 0 Å². The van der Waals surface area contributed by atoms with E-state index in [0.717, 1.165) is 39.0 Å². The summed E-state index contributed by atoms with van der Waals surface area (Å²) in [7, 11) is 0. The highest BCUT2D eigenvalue weighted by atomic mass is 79.9. The van der Waals surface area contributed by atoms with Crippen LogP contribution in [0, 0.1) is 5.82 Å². The van der Waals surface area contributed by atoms with Gasteiger partial charge in [-0.05, 0) is 65.5 Å². The quantitative estimate of drug-likeness (QED) is 0.607. The van der Waals surface area contributed by atoms with Crippen molar-refractivity contribution in [2.24, 2.45) is 5.73 Å². The Hall–Kier alpha value is -1.17. The molecule has 0 radical (unpaired) electrons. The van der Waals surface area contributed by atoms with Crippen molar-refractivity contribution in [1.82, 2.24) is 4.98 Å². The zero-order valence-electron chi connectivity index (χ0n) is 11.5. The monoisotopic (exact) mass is 366 g/mol. The highest BCUT2D eigenvalue weighted by Gasteiger charge is 2.16. The molecule has 2 nitrogen and oxygen atoms in total. The maximum atomic E-state index is 14.0. The number of rotatable bonds is 5. The lowest BCUT2D eigenvalue weighted by Crippen LogP contribution is -1.99. The lowest BCUT2D eigenvalue weighted by Gasteiger charge is -2.03. The Labute approximate surface area is 135 Å². The van der Waals surface area contributed by atoms with Gasteiger partial charge in [0.25, 0.3) is 0 Å². The Morgan fingerprint density at radius 2 is 2.05 bits per heavy atom. The van der Waals surface area contributed by atoms with E-state index in [1.54, 1.807) is 17.4 Å². The SMILES string of the molecule is NCCCCc1c(-c2ccc(Br)s2)[nH]c2c(F)cccc12. The van der Waals surface area contributed by atoms with Gasteiger partial charge in [-0.2, -0.15) is 0 Å². The number of para-hydroxylation sites is 1. The second-order valence-electron chi connectivity index (χ2n) is 4.99. The number of nitrogens with two attached hydrogens (primary N) is 1. The maximum absolute atomic E-state index is 14.0. The van der Waals surface area contributed by atoms with Crippen LogP contribution in [0.3, 0.4) is 0 Å². The molecule has 0 saturated carbocycles. The highest BCUT2D eigenvalue weighted by Crippen LogP contribution is 2.37. The summed E-state index contributed by atoms with van der Waals surface area (Å²) in [5.41, 5.74) is 8.40. The molecule has 0 atom stereocenters. The van der Waals surface area contributed by atoms with E-state index in [-0.39, 0.29) is 5.82 Å². The number of thiophene rings is 1. The van der Waals surface area contributed by atoms with E-state index in [1.165, 1.54) is 11.6 Å². The summed E-state index contributed by atoms with van der Waals surface area (Å²) in [5, 5.41) is 0.978. The lowest BCUT2D eigenvalue weighted by atomic mass is 10.0. The van der Waals surface area contributed by atoms with Crippen LogP contribution in [0.1, 0.15) is 18.4 Å². The zero-order chi connectivity index (χ0) is 14.8. The molecule has 0 aliphatic carbocycles. The standard InChI is InChI=1S/C16H16BrFN2S/c17-14-8-7-13(21-14)16-11(4-1-2-9-19)10-5-3-6-12(18)15(10)20-16/h3,5-8,20H,1-2,4,9,19H2. The molecule has 1 aromatic carbocycles. The molecule has 0 aliphatic rings. The number of aromatic nitrogens is 1. The van der Waals surface area contributed by atoms with E-state index in [4.69, 9.17) is 5.73 Å². The van der Waals surface area contributed by atoms with Gasteiger partial charge in [0.1, 0.15) is 5.82 Å². The predicted molar refractivity (Wildman–Crippen MR) is 91.3 cm³/mol. The first-order valence-corrected chi connectivity index (χ1v) is 8.56. The number of halogens is 2. The van der Waals surface area contributed by atoms with Gasteiger partial charge in [-0.1, -0.05) is 12.1 Å². The van der Waals surface area contributed by atoms with Crippen LogP contribution in [0.25, 0.3) is 21.5 Å². The Kier molecular flexibility index (Phi) is 4.42. The van der Waals surface area contributed by atoms with Gasteiger partial charge in [0.2, 0.25) is 0 Å². The van der Waals surface area contributed by atoms with Crippen molar-refractivity contribution < 1.29 is 4.39 Å². The maximum Gasteiger partial charge on any atom is 0.147 e. The third kappa shape index (κ3) is 2.91. The van der Waals surface area contributed by atoms with Gasteiger partial charge >= 0.3 is 0 Å². The first-order chi connectivity index (χ1) is 10.2. The van der Waals surface area contributed by atoms with E-state index >= 15 is 0 Å². The molecule has 21 heavy (non-hydrogen) atoms. The van der Waals surface area contributed by atoms with Gasteiger partial charge in [-0.3, -0.25) is 0 Å². The number of benzene rings is 1. The molecule has 0 spiro atoms. The number of hydrogen-bond donors (Lipinski definition) is 2. The van der Waals surface area contributed by atoms with Gasteiger partial charge in [0.15, 0.2) is 0 Å². The summed E-state index contributed by atoms with van der Waals surface area (Å²) in [5.74, 6) is -0.200. The number of aromatic amines is 1. The van der Waals surface area contributed by atoms with E-state index < -0.39 is 0 Å². The number of nitrogens with one attached hydrogen (secondary N) is 1. The van der Waals surface area contributed by atoms with Gasteiger partial charge in [-0.25, -0.2) is 4.39 Å². The normalized spacial score (nSPS) is 11.4. The largest absolute Gasteiger partial charge is 0.351 e. The molecule has 3 N–H and O–H groups in total. The summed E-state index contributed by atoms with van der Waals surface area (Å²) in [4.78, 5) is 4.40. The van der Waals surface area contributed by atoms with E-state index in [2.05, 4.69) is 27.0 Å². The minimum absolute atomic E-state index is 0.200. The number of hydrogen-bond acceptors (Lipinski definition) is 2. The fraction of sp³-hybridized carbons (Fsp3) is 0.250. The van der Waals surface area contributed by atoms with Gasteiger partial charge < -0.3 is 10.7 Å². The zero-order valence-corrected chi connectivity index (χ0v) is 13.9. The average molecular weight is 367 g/mol. The van der Waals surface area contributed by atoms with Crippen LogP contribution in [-0.4, -0.2) is 11.5 Å². The van der Waals surface area contributed by atoms with Crippen molar-refractivity contribution >= 4 is 38.2 Å². The molecule has 2 heterocycles. The first-order valence-electron chi connectivity index (χ1n) is 6.95. The molecule has 0 unspecified atom stereocenters. The highest BCUT2D eigenvalue weighted by molar-refractivity contribution is 9.11. The van der Waals surface area contributed by atoms with Crippen LogP contribution in [0.15, 0.2) is 34.1 Å². The van der Waals surface area contributed by atoms with Gasteiger partial charge in [0.05, 0.1) is 19.9 Å². The van der Waals surface area contributed by atoms with Crippen LogP contribution >= 0.6 is 27.3 Å². The molecular formula is C16H16BrFN2S. The predicted octanol–water partition coefficient (Wildman–Crippen LogP) is 5.08. The van der Waals surface area contributed by atoms with Gasteiger partial charge in [-0.15, -0.1) is 11.3 Å². The number of aryl methyl sites for hydroxylation is 1. The molecule has 5 heteroatoms. The Bertz CT molecular complexity index is 763. The summed E-state index contributed by atoms with van der Waals surface area (Å²) in [6.07, 6.45) is 2.90. The van der Waals surface area contributed by atoms with Crippen molar-refractivity contribution in [3.63, 3.8) is 0 Å². The van der Waals surface area contributed by atoms with Crippen molar-refractivity contribution in [3.05, 3.63) is 45.5 Å². The molecule has 3 rings (SSSR count). The molecule has 3 aromatic rings. The van der Waals surface area contributed by atoms with Crippen molar-refractivity contribution in [3.8, 4) is 10.6 Å². The molecule has 0 bridgehead atoms. The fourth-order valence-corrected chi connectivity index (χ4v) is 4.02. The van der Waals surface area contributed by atoms with Crippen molar-refractivity contribution in [2.45, 2.75) is 19.3 Å². The number of unbranched alkanes of at least 4 members (excludes halogenated alkanes) is 1. The van der Waals surface area contributed by atoms with Crippen LogP contribution in [0.5, 0.6) is 0 Å². The van der Waals surface area contributed by atoms with Crippen molar-refractivity contribution in [1.29, 1.82) is 0 Å². The third-order valence-corrected chi connectivity index (χ3v) is 5.23. The van der Waals surface area contributed by atoms with E-state index in [1.807, 2.05) is 12.1 Å². The average Bonchev–Trinajstić information content (AvgIpc) is 3.04. The molecule has 110 valence electrons. The molecule has 2 aromatic heterocycles. The molecular weight excluding hydrogens is 351 g/mol. The number of H-pyrrole nitrogens is 1. The summed E-state index contributed by atoms with van der Waals surface area (Å²) in [6.45, 7) is 0.691. The Morgan fingerprint density at radius 3 is 2.76 bits per heavy atom. The lowest BCUT2D eigenvalue weighted by molar-refractivity contribution is 0.637. The first kappa shape index (κ1) is 14.8. The minimum atomic E-state index is -0.200. The number of fused-ring (bicyclic) bond motifs is 1. The van der Waals surface area contributed by atoms with Gasteiger partial charge in [0, 0.05) is 5.39 Å². The molecule has 0 amide bonds. The van der Waals surface area contributed by atoms with Crippen LogP contribution < -0.4 is 5.73 Å². The van der Waals surface area contributed by atoms with Crippen LogP contribution in [-0.2, 0) is 6.42 Å². The molecule has 0 saturated heterocycles. The summed E-state index contributed by atoms with van der Waals surface area (Å²) in [6, 6.07) is 9.33. The van der Waals surface area contributed by atoms with Crippen LogP contribution in [0.4, 0.5) is 4.39 Å². The van der Waals surface area contributed by atoms with E-state index in [0.29, 0.717) is 12.1 Å².